The topological polar surface area (TPSA) is 59.9 Å². The zero-order valence-electron chi connectivity index (χ0n) is 12.2. The molecule has 0 saturated heterocycles. The van der Waals surface area contributed by atoms with Gasteiger partial charge in [-0.3, -0.25) is 4.98 Å². The first-order valence-corrected chi connectivity index (χ1v) is 6.93. The Kier molecular flexibility index (Phi) is 4.87. The summed E-state index contributed by atoms with van der Waals surface area (Å²) in [6.45, 7) is 7.02. The van der Waals surface area contributed by atoms with E-state index in [1.54, 1.807) is 6.07 Å². The fraction of sp³-hybridized carbons (Fsp3) is 0.400. The van der Waals surface area contributed by atoms with Crippen LogP contribution in [0.15, 0.2) is 24.5 Å². The zero-order chi connectivity index (χ0) is 14.4. The fourth-order valence-electron chi connectivity index (χ4n) is 1.80. The van der Waals surface area contributed by atoms with Gasteiger partial charge in [0.15, 0.2) is 5.75 Å². The van der Waals surface area contributed by atoms with E-state index < -0.39 is 0 Å². The normalized spacial score (nSPS) is 10.3. The van der Waals surface area contributed by atoms with Crippen molar-refractivity contribution < 1.29 is 4.74 Å². The first-order chi connectivity index (χ1) is 9.72. The maximum atomic E-state index is 5.82. The van der Waals surface area contributed by atoms with Crippen LogP contribution < -0.4 is 10.1 Å². The van der Waals surface area contributed by atoms with Crippen LogP contribution in [-0.2, 0) is 6.42 Å². The van der Waals surface area contributed by atoms with Crippen LogP contribution in [0.4, 0.5) is 5.82 Å². The van der Waals surface area contributed by atoms with E-state index >= 15 is 0 Å². The molecule has 0 radical (unpaired) electrons. The van der Waals surface area contributed by atoms with E-state index in [1.165, 1.54) is 6.33 Å². The van der Waals surface area contributed by atoms with Gasteiger partial charge in [-0.2, -0.15) is 0 Å². The Morgan fingerprint density at radius 2 is 2.05 bits per heavy atom. The van der Waals surface area contributed by atoms with Crippen molar-refractivity contribution in [2.75, 3.05) is 11.9 Å². The molecule has 106 valence electrons. The van der Waals surface area contributed by atoms with Gasteiger partial charge in [-0.25, -0.2) is 9.97 Å². The Bertz CT molecular complexity index is 572. The van der Waals surface area contributed by atoms with E-state index in [9.17, 15) is 0 Å². The number of hydrogen-bond acceptors (Lipinski definition) is 5. The standard InChI is InChI=1S/C15H20N4O/c1-4-8-16-14-9-15(18-10-17-14)20-13-7-6-11(3)19-12(13)5-2/h6-7,9-10H,4-5,8H2,1-3H3,(H,16,17,18). The van der Waals surface area contributed by atoms with Gasteiger partial charge in [0.25, 0.3) is 0 Å². The van der Waals surface area contributed by atoms with Crippen molar-refractivity contribution in [3.8, 4) is 11.6 Å². The highest BCUT2D eigenvalue weighted by molar-refractivity contribution is 5.39. The maximum Gasteiger partial charge on any atom is 0.224 e. The predicted octanol–water partition coefficient (Wildman–Crippen LogP) is 3.36. The van der Waals surface area contributed by atoms with Crippen LogP contribution in [0, 0.1) is 6.92 Å². The number of nitrogens with one attached hydrogen (secondary N) is 1. The van der Waals surface area contributed by atoms with Gasteiger partial charge >= 0.3 is 0 Å². The molecule has 0 aliphatic heterocycles. The Hall–Kier alpha value is -2.17. The average molecular weight is 272 g/mol. The van der Waals surface area contributed by atoms with Crippen molar-refractivity contribution in [2.45, 2.75) is 33.6 Å². The third-order valence-electron chi connectivity index (χ3n) is 2.82. The summed E-state index contributed by atoms with van der Waals surface area (Å²) in [5.41, 5.74) is 1.92. The molecule has 0 aliphatic rings. The smallest absolute Gasteiger partial charge is 0.224 e. The number of ether oxygens (including phenoxy) is 1. The lowest BCUT2D eigenvalue weighted by atomic mass is 10.2. The molecule has 0 unspecified atom stereocenters. The van der Waals surface area contributed by atoms with Crippen LogP contribution in [0.5, 0.6) is 11.6 Å². The molecular formula is C15H20N4O. The fourth-order valence-corrected chi connectivity index (χ4v) is 1.80. The molecule has 5 nitrogen and oxygen atoms in total. The molecule has 0 saturated carbocycles. The first-order valence-electron chi connectivity index (χ1n) is 6.93. The van der Waals surface area contributed by atoms with Crippen LogP contribution in [0.1, 0.15) is 31.7 Å². The molecule has 0 atom stereocenters. The van der Waals surface area contributed by atoms with E-state index in [0.717, 1.165) is 42.3 Å². The summed E-state index contributed by atoms with van der Waals surface area (Å²) in [6, 6.07) is 5.67. The van der Waals surface area contributed by atoms with Gasteiger partial charge in [0, 0.05) is 18.3 Å². The molecular weight excluding hydrogens is 252 g/mol. The molecule has 2 rings (SSSR count). The summed E-state index contributed by atoms with van der Waals surface area (Å²) in [4.78, 5) is 12.8. The molecule has 0 aliphatic carbocycles. The zero-order valence-corrected chi connectivity index (χ0v) is 12.2. The van der Waals surface area contributed by atoms with Crippen molar-refractivity contribution in [2.24, 2.45) is 0 Å². The van der Waals surface area contributed by atoms with Crippen molar-refractivity contribution in [1.82, 2.24) is 15.0 Å². The molecule has 0 fully saturated rings. The molecule has 2 heterocycles. The third kappa shape index (κ3) is 3.66. The number of pyridine rings is 1. The lowest BCUT2D eigenvalue weighted by molar-refractivity contribution is 0.453. The van der Waals surface area contributed by atoms with Crippen molar-refractivity contribution in [3.05, 3.63) is 35.9 Å². The summed E-state index contributed by atoms with van der Waals surface area (Å²) < 4.78 is 5.82. The maximum absolute atomic E-state index is 5.82. The highest BCUT2D eigenvalue weighted by atomic mass is 16.5. The Balaban J connectivity index is 2.17. The Morgan fingerprint density at radius 1 is 1.20 bits per heavy atom. The second kappa shape index (κ2) is 6.84. The van der Waals surface area contributed by atoms with E-state index in [2.05, 4.69) is 34.1 Å². The molecule has 1 N–H and O–H groups in total. The van der Waals surface area contributed by atoms with Gasteiger partial charge in [0.2, 0.25) is 5.88 Å². The van der Waals surface area contributed by atoms with Crippen molar-refractivity contribution in [3.63, 3.8) is 0 Å². The Labute approximate surface area is 119 Å². The van der Waals surface area contributed by atoms with Crippen LogP contribution in [0.25, 0.3) is 0 Å². The van der Waals surface area contributed by atoms with Crippen molar-refractivity contribution >= 4 is 5.82 Å². The van der Waals surface area contributed by atoms with E-state index in [0.29, 0.717) is 5.88 Å². The van der Waals surface area contributed by atoms with Crippen LogP contribution >= 0.6 is 0 Å². The third-order valence-corrected chi connectivity index (χ3v) is 2.82. The first kappa shape index (κ1) is 14.2. The number of rotatable bonds is 6. The highest BCUT2D eigenvalue weighted by Gasteiger charge is 2.07. The quantitative estimate of drug-likeness (QED) is 0.873. The van der Waals surface area contributed by atoms with Gasteiger partial charge in [-0.1, -0.05) is 13.8 Å². The predicted molar refractivity (Wildman–Crippen MR) is 79.2 cm³/mol. The monoisotopic (exact) mass is 272 g/mol. The molecule has 2 aromatic rings. The average Bonchev–Trinajstić information content (AvgIpc) is 2.47. The van der Waals surface area contributed by atoms with E-state index in [-0.39, 0.29) is 0 Å². The number of anilines is 1. The van der Waals surface area contributed by atoms with Gasteiger partial charge in [-0.05, 0) is 31.9 Å². The molecule has 20 heavy (non-hydrogen) atoms. The SMILES string of the molecule is CCCNc1cc(Oc2ccc(C)nc2CC)ncn1. The van der Waals surface area contributed by atoms with Gasteiger partial charge in [0.1, 0.15) is 12.1 Å². The molecule has 0 amide bonds. The van der Waals surface area contributed by atoms with Crippen LogP contribution in [0.3, 0.4) is 0 Å². The van der Waals surface area contributed by atoms with E-state index in [4.69, 9.17) is 4.74 Å². The van der Waals surface area contributed by atoms with E-state index in [1.807, 2.05) is 19.1 Å². The molecule has 0 bridgehead atoms. The van der Waals surface area contributed by atoms with Crippen LogP contribution in [-0.4, -0.2) is 21.5 Å². The number of nitrogens with zero attached hydrogens (tertiary/aromatic N) is 3. The number of aryl methyl sites for hydroxylation is 2. The highest BCUT2D eigenvalue weighted by Crippen LogP contribution is 2.24. The summed E-state index contributed by atoms with van der Waals surface area (Å²) in [5.74, 6) is 2.05. The second-order valence-electron chi connectivity index (χ2n) is 4.52. The van der Waals surface area contributed by atoms with Gasteiger partial charge < -0.3 is 10.1 Å². The van der Waals surface area contributed by atoms with Crippen molar-refractivity contribution in [1.29, 1.82) is 0 Å². The summed E-state index contributed by atoms with van der Waals surface area (Å²) in [6.07, 6.45) is 3.37. The molecule has 0 spiro atoms. The Morgan fingerprint density at radius 3 is 2.80 bits per heavy atom. The minimum absolute atomic E-state index is 0.527. The summed E-state index contributed by atoms with van der Waals surface area (Å²) in [5, 5.41) is 3.21. The largest absolute Gasteiger partial charge is 0.437 e. The van der Waals surface area contributed by atoms with Gasteiger partial charge in [0.05, 0.1) is 5.69 Å². The second-order valence-corrected chi connectivity index (χ2v) is 4.52. The summed E-state index contributed by atoms with van der Waals surface area (Å²) >= 11 is 0. The molecule has 5 heteroatoms. The van der Waals surface area contributed by atoms with Crippen LogP contribution in [0.2, 0.25) is 0 Å². The molecule has 0 aromatic carbocycles. The minimum Gasteiger partial charge on any atom is -0.437 e. The number of aromatic nitrogens is 3. The number of hydrogen-bond donors (Lipinski definition) is 1. The lowest BCUT2D eigenvalue weighted by Gasteiger charge is -2.10. The summed E-state index contributed by atoms with van der Waals surface area (Å²) in [7, 11) is 0. The lowest BCUT2D eigenvalue weighted by Crippen LogP contribution is -2.03. The molecule has 2 aromatic heterocycles. The minimum atomic E-state index is 0.527. The van der Waals surface area contributed by atoms with Gasteiger partial charge in [-0.15, -0.1) is 0 Å².